The van der Waals surface area contributed by atoms with Gasteiger partial charge >= 0.3 is 6.03 Å². The summed E-state index contributed by atoms with van der Waals surface area (Å²) in [6.07, 6.45) is 3.90. The molecule has 1 heterocycles. The fourth-order valence-corrected chi connectivity index (χ4v) is 3.81. The SMILES string of the molecule is C[C@@H]1CCCC[C@@]12NC(=O)N(CN(C)Cc1ccccc1)C2=O. The molecule has 3 rings (SSSR count). The van der Waals surface area contributed by atoms with E-state index in [0.29, 0.717) is 13.2 Å². The summed E-state index contributed by atoms with van der Waals surface area (Å²) in [5, 5.41) is 3.00. The fraction of sp³-hybridized carbons (Fsp3) is 0.556. The predicted molar refractivity (Wildman–Crippen MR) is 88.5 cm³/mol. The van der Waals surface area contributed by atoms with Crippen LogP contribution in [-0.4, -0.2) is 41.0 Å². The molecule has 5 nitrogen and oxygen atoms in total. The lowest BCUT2D eigenvalue weighted by atomic mass is 9.73. The Balaban J connectivity index is 1.68. The molecule has 1 saturated carbocycles. The van der Waals surface area contributed by atoms with Crippen molar-refractivity contribution in [2.75, 3.05) is 13.7 Å². The lowest BCUT2D eigenvalue weighted by Gasteiger charge is -2.37. The maximum absolute atomic E-state index is 12.9. The van der Waals surface area contributed by atoms with Crippen LogP contribution in [0.1, 0.15) is 38.2 Å². The number of nitrogens with zero attached hydrogens (tertiary/aromatic N) is 2. The fourth-order valence-electron chi connectivity index (χ4n) is 3.81. The van der Waals surface area contributed by atoms with Gasteiger partial charge in [0.1, 0.15) is 5.54 Å². The molecule has 0 radical (unpaired) electrons. The molecule has 1 aromatic carbocycles. The molecule has 1 aliphatic carbocycles. The number of hydrogen-bond acceptors (Lipinski definition) is 3. The maximum atomic E-state index is 12.9. The summed E-state index contributed by atoms with van der Waals surface area (Å²) in [6.45, 7) is 3.11. The number of amides is 3. The van der Waals surface area contributed by atoms with Crippen LogP contribution in [0.2, 0.25) is 0 Å². The van der Waals surface area contributed by atoms with Gasteiger partial charge in [0.15, 0.2) is 0 Å². The third-order valence-electron chi connectivity index (χ3n) is 5.18. The number of benzene rings is 1. The molecule has 0 bridgehead atoms. The van der Waals surface area contributed by atoms with Crippen LogP contribution in [0.25, 0.3) is 0 Å². The van der Waals surface area contributed by atoms with Gasteiger partial charge in [-0.15, -0.1) is 0 Å². The number of urea groups is 1. The number of rotatable bonds is 4. The quantitative estimate of drug-likeness (QED) is 0.869. The minimum Gasteiger partial charge on any atom is -0.323 e. The number of imide groups is 1. The average Bonchev–Trinajstić information content (AvgIpc) is 2.76. The van der Waals surface area contributed by atoms with E-state index in [-0.39, 0.29) is 17.9 Å². The van der Waals surface area contributed by atoms with E-state index in [1.165, 1.54) is 10.5 Å². The second-order valence-electron chi connectivity index (χ2n) is 6.92. The van der Waals surface area contributed by atoms with Crippen molar-refractivity contribution in [3.8, 4) is 0 Å². The van der Waals surface area contributed by atoms with Crippen molar-refractivity contribution in [3.63, 3.8) is 0 Å². The third kappa shape index (κ3) is 2.98. The Hall–Kier alpha value is -1.88. The molecule has 3 amide bonds. The molecule has 1 saturated heterocycles. The van der Waals surface area contributed by atoms with E-state index < -0.39 is 5.54 Å². The molecular weight excluding hydrogens is 290 g/mol. The first-order valence-corrected chi connectivity index (χ1v) is 8.39. The molecule has 2 aliphatic rings. The van der Waals surface area contributed by atoms with Gasteiger partial charge in [-0.3, -0.25) is 9.69 Å². The molecule has 0 unspecified atom stereocenters. The third-order valence-corrected chi connectivity index (χ3v) is 5.18. The van der Waals surface area contributed by atoms with Crippen LogP contribution in [0.3, 0.4) is 0 Å². The van der Waals surface area contributed by atoms with Crippen molar-refractivity contribution in [1.29, 1.82) is 0 Å². The molecule has 1 aromatic rings. The predicted octanol–water partition coefficient (Wildman–Crippen LogP) is 2.58. The van der Waals surface area contributed by atoms with Gasteiger partial charge in [0.25, 0.3) is 5.91 Å². The van der Waals surface area contributed by atoms with Crippen molar-refractivity contribution in [1.82, 2.24) is 15.1 Å². The largest absolute Gasteiger partial charge is 0.326 e. The van der Waals surface area contributed by atoms with E-state index in [4.69, 9.17) is 0 Å². The minimum atomic E-state index is -0.664. The Morgan fingerprint density at radius 2 is 2.00 bits per heavy atom. The minimum absolute atomic E-state index is 0.0467. The van der Waals surface area contributed by atoms with E-state index in [1.807, 2.05) is 42.3 Å². The Morgan fingerprint density at radius 3 is 2.70 bits per heavy atom. The number of carbonyl (C=O) groups is 2. The molecule has 0 aromatic heterocycles. The van der Waals surface area contributed by atoms with Crippen molar-refractivity contribution in [3.05, 3.63) is 35.9 Å². The topological polar surface area (TPSA) is 52.7 Å². The average molecular weight is 315 g/mol. The van der Waals surface area contributed by atoms with Crippen LogP contribution in [0.15, 0.2) is 30.3 Å². The lowest BCUT2D eigenvalue weighted by molar-refractivity contribution is -0.135. The van der Waals surface area contributed by atoms with Crippen LogP contribution in [0, 0.1) is 5.92 Å². The molecule has 2 fully saturated rings. The van der Waals surface area contributed by atoms with Crippen LogP contribution in [0.4, 0.5) is 4.79 Å². The lowest BCUT2D eigenvalue weighted by Crippen LogP contribution is -2.54. The number of hydrogen-bond donors (Lipinski definition) is 1. The van der Waals surface area contributed by atoms with Crippen LogP contribution in [-0.2, 0) is 11.3 Å². The first-order valence-electron chi connectivity index (χ1n) is 8.39. The monoisotopic (exact) mass is 315 g/mol. The second kappa shape index (κ2) is 6.32. The molecule has 23 heavy (non-hydrogen) atoms. The summed E-state index contributed by atoms with van der Waals surface area (Å²) in [4.78, 5) is 28.6. The zero-order valence-electron chi connectivity index (χ0n) is 13.9. The van der Waals surface area contributed by atoms with Gasteiger partial charge in [-0.1, -0.05) is 50.1 Å². The molecule has 1 spiro atoms. The van der Waals surface area contributed by atoms with E-state index in [1.54, 1.807) is 0 Å². The number of nitrogens with one attached hydrogen (secondary N) is 1. The smallest absolute Gasteiger partial charge is 0.323 e. The molecule has 5 heteroatoms. The Morgan fingerprint density at radius 1 is 1.26 bits per heavy atom. The van der Waals surface area contributed by atoms with Crippen LogP contribution >= 0.6 is 0 Å². The highest BCUT2D eigenvalue weighted by Gasteiger charge is 2.54. The normalized spacial score (nSPS) is 27.8. The Labute approximate surface area is 137 Å². The van der Waals surface area contributed by atoms with Gasteiger partial charge in [0, 0.05) is 6.54 Å². The first kappa shape index (κ1) is 16.0. The molecule has 1 aliphatic heterocycles. The van der Waals surface area contributed by atoms with Gasteiger partial charge < -0.3 is 5.32 Å². The Bertz CT molecular complexity index is 589. The summed E-state index contributed by atoms with van der Waals surface area (Å²) in [5.41, 5.74) is 0.505. The maximum Gasteiger partial charge on any atom is 0.326 e. The highest BCUT2D eigenvalue weighted by molar-refractivity contribution is 6.07. The van der Waals surface area contributed by atoms with E-state index in [2.05, 4.69) is 12.2 Å². The van der Waals surface area contributed by atoms with Gasteiger partial charge in [0.2, 0.25) is 0 Å². The summed E-state index contributed by atoms with van der Waals surface area (Å²) in [6, 6.07) is 9.82. The molecular formula is C18H25N3O2. The summed E-state index contributed by atoms with van der Waals surface area (Å²) < 4.78 is 0. The van der Waals surface area contributed by atoms with Gasteiger partial charge in [-0.05, 0) is 31.4 Å². The van der Waals surface area contributed by atoms with E-state index in [9.17, 15) is 9.59 Å². The van der Waals surface area contributed by atoms with Crippen molar-refractivity contribution in [2.45, 2.75) is 44.7 Å². The standard InChI is InChI=1S/C18H25N3O2/c1-14-8-6-7-11-18(14)16(22)21(17(23)19-18)13-20(2)12-15-9-4-3-5-10-15/h3-5,9-10,14H,6-8,11-13H2,1-2H3,(H,19,23)/t14-,18-/m1/s1. The molecule has 124 valence electrons. The van der Waals surface area contributed by atoms with Gasteiger partial charge in [0.05, 0.1) is 6.67 Å². The van der Waals surface area contributed by atoms with E-state index in [0.717, 1.165) is 25.7 Å². The van der Waals surface area contributed by atoms with E-state index >= 15 is 0 Å². The zero-order chi connectivity index (χ0) is 16.4. The summed E-state index contributed by atoms with van der Waals surface area (Å²) in [7, 11) is 1.93. The molecule has 2 atom stereocenters. The number of carbonyl (C=O) groups excluding carboxylic acids is 2. The van der Waals surface area contributed by atoms with Crippen molar-refractivity contribution < 1.29 is 9.59 Å². The van der Waals surface area contributed by atoms with Crippen molar-refractivity contribution >= 4 is 11.9 Å². The van der Waals surface area contributed by atoms with Gasteiger partial charge in [-0.2, -0.15) is 0 Å². The highest BCUT2D eigenvalue weighted by atomic mass is 16.2. The van der Waals surface area contributed by atoms with Gasteiger partial charge in [-0.25, -0.2) is 9.69 Å². The van der Waals surface area contributed by atoms with Crippen LogP contribution in [0.5, 0.6) is 0 Å². The molecule has 1 N–H and O–H groups in total. The summed E-state index contributed by atoms with van der Waals surface area (Å²) in [5.74, 6) is 0.159. The first-order chi connectivity index (χ1) is 11.0. The zero-order valence-corrected chi connectivity index (χ0v) is 13.9. The van der Waals surface area contributed by atoms with Crippen LogP contribution < -0.4 is 5.32 Å². The Kier molecular flexibility index (Phi) is 4.39. The second-order valence-corrected chi connectivity index (χ2v) is 6.92. The highest BCUT2D eigenvalue weighted by Crippen LogP contribution is 2.38. The summed E-state index contributed by atoms with van der Waals surface area (Å²) >= 11 is 0. The van der Waals surface area contributed by atoms with Crippen molar-refractivity contribution in [2.24, 2.45) is 5.92 Å².